The van der Waals surface area contributed by atoms with Gasteiger partial charge in [-0.3, -0.25) is 4.79 Å². The second-order valence-electron chi connectivity index (χ2n) is 5.25. The fourth-order valence-electron chi connectivity index (χ4n) is 2.62. The fourth-order valence-corrected chi connectivity index (χ4v) is 4.05. The minimum Gasteiger partial charge on any atom is -0.496 e. The van der Waals surface area contributed by atoms with E-state index in [9.17, 15) is 13.2 Å². The van der Waals surface area contributed by atoms with E-state index in [1.807, 2.05) is 11.4 Å². The van der Waals surface area contributed by atoms with Crippen molar-refractivity contribution in [3.8, 4) is 5.75 Å². The van der Waals surface area contributed by atoms with Crippen LogP contribution < -0.4 is 9.88 Å². The Morgan fingerprint density at radius 1 is 1.35 bits per heavy atom. The van der Waals surface area contributed by atoms with Crippen LogP contribution in [0.2, 0.25) is 0 Å². The van der Waals surface area contributed by atoms with Crippen molar-refractivity contribution in [1.82, 2.24) is 4.90 Å². The van der Waals surface area contributed by atoms with Crippen LogP contribution in [-0.4, -0.2) is 32.9 Å². The molecule has 0 aliphatic carbocycles. The van der Waals surface area contributed by atoms with Crippen molar-refractivity contribution in [2.75, 3.05) is 13.7 Å². The van der Waals surface area contributed by atoms with Crippen molar-refractivity contribution >= 4 is 27.3 Å². The summed E-state index contributed by atoms with van der Waals surface area (Å²) in [5, 5.41) is 7.17. The van der Waals surface area contributed by atoms with Gasteiger partial charge in [-0.2, -0.15) is 0 Å². The lowest BCUT2D eigenvalue weighted by Gasteiger charge is -2.27. The number of carbonyl (C=O) groups is 1. The van der Waals surface area contributed by atoms with Crippen LogP contribution in [0.15, 0.2) is 34.5 Å². The zero-order valence-electron chi connectivity index (χ0n) is 12.5. The number of thiophene rings is 1. The molecule has 23 heavy (non-hydrogen) atoms. The summed E-state index contributed by atoms with van der Waals surface area (Å²) in [5.41, 5.74) is 1.34. The molecule has 6 nitrogen and oxygen atoms in total. The number of amides is 1. The van der Waals surface area contributed by atoms with E-state index in [4.69, 9.17) is 9.88 Å². The number of primary sulfonamides is 1. The summed E-state index contributed by atoms with van der Waals surface area (Å²) in [5.74, 6) is 0.0720. The second kappa shape index (κ2) is 5.95. The molecule has 122 valence electrons. The minimum absolute atomic E-state index is 0.102. The third-order valence-corrected chi connectivity index (χ3v) is 5.76. The Morgan fingerprint density at radius 3 is 2.83 bits per heavy atom. The zero-order chi connectivity index (χ0) is 16.6. The standard InChI is InChI=1S/C15H16N2O4S2/c1-21-13-3-2-11(23(16,19)20)8-12(13)15(18)17-6-4-14-10(9-17)5-7-22-14/h2-3,5,7-8H,4,6,9H2,1H3,(H2,16,19,20). The number of hydrogen-bond donors (Lipinski definition) is 1. The first kappa shape index (κ1) is 16.0. The number of benzene rings is 1. The number of nitrogens with zero attached hydrogens (tertiary/aromatic N) is 1. The number of nitrogens with two attached hydrogens (primary N) is 1. The third kappa shape index (κ3) is 3.10. The first-order chi connectivity index (χ1) is 10.9. The maximum absolute atomic E-state index is 12.8. The van der Waals surface area contributed by atoms with E-state index in [1.165, 1.54) is 30.2 Å². The molecule has 0 bridgehead atoms. The number of methoxy groups -OCH3 is 1. The minimum atomic E-state index is -3.88. The summed E-state index contributed by atoms with van der Waals surface area (Å²) in [6.45, 7) is 1.11. The fraction of sp³-hybridized carbons (Fsp3) is 0.267. The van der Waals surface area contributed by atoms with Gasteiger partial charge < -0.3 is 9.64 Å². The first-order valence-corrected chi connectivity index (χ1v) is 9.38. The van der Waals surface area contributed by atoms with Gasteiger partial charge in [-0.15, -0.1) is 11.3 Å². The summed E-state index contributed by atoms with van der Waals surface area (Å²) in [6, 6.07) is 6.07. The molecule has 2 heterocycles. The SMILES string of the molecule is COc1ccc(S(N)(=O)=O)cc1C(=O)N1CCc2sccc2C1. The number of ether oxygens (including phenoxy) is 1. The van der Waals surface area contributed by atoms with Crippen molar-refractivity contribution in [2.24, 2.45) is 5.14 Å². The van der Waals surface area contributed by atoms with Crippen LogP contribution in [0.25, 0.3) is 0 Å². The third-order valence-electron chi connectivity index (χ3n) is 3.82. The summed E-state index contributed by atoms with van der Waals surface area (Å²) >= 11 is 1.69. The largest absolute Gasteiger partial charge is 0.496 e. The highest BCUT2D eigenvalue weighted by molar-refractivity contribution is 7.89. The van der Waals surface area contributed by atoms with E-state index in [-0.39, 0.29) is 16.4 Å². The van der Waals surface area contributed by atoms with Gasteiger partial charge in [0.15, 0.2) is 0 Å². The molecule has 2 N–H and O–H groups in total. The van der Waals surface area contributed by atoms with Gasteiger partial charge in [-0.25, -0.2) is 13.6 Å². The Kier molecular flexibility index (Phi) is 4.13. The second-order valence-corrected chi connectivity index (χ2v) is 7.81. The Bertz CT molecular complexity index is 858. The molecule has 0 fully saturated rings. The molecule has 0 saturated heterocycles. The first-order valence-electron chi connectivity index (χ1n) is 6.95. The van der Waals surface area contributed by atoms with Crippen molar-refractivity contribution in [3.63, 3.8) is 0 Å². The molecule has 0 spiro atoms. The predicted molar refractivity (Wildman–Crippen MR) is 87.1 cm³/mol. The lowest BCUT2D eigenvalue weighted by atomic mass is 10.1. The maximum atomic E-state index is 12.8. The molecule has 1 aromatic carbocycles. The average molecular weight is 352 g/mol. The van der Waals surface area contributed by atoms with E-state index < -0.39 is 10.0 Å². The molecule has 1 aliphatic rings. The van der Waals surface area contributed by atoms with Crippen LogP contribution in [0.5, 0.6) is 5.75 Å². The summed E-state index contributed by atoms with van der Waals surface area (Å²) in [7, 11) is -2.44. The molecule has 0 saturated carbocycles. The number of sulfonamides is 1. The highest BCUT2D eigenvalue weighted by Crippen LogP contribution is 2.28. The maximum Gasteiger partial charge on any atom is 0.257 e. The molecule has 0 radical (unpaired) electrons. The average Bonchev–Trinajstić information content (AvgIpc) is 3.00. The summed E-state index contributed by atoms with van der Waals surface area (Å²) < 4.78 is 28.3. The molecule has 3 rings (SSSR count). The smallest absolute Gasteiger partial charge is 0.257 e. The molecule has 1 aromatic heterocycles. The van der Waals surface area contributed by atoms with Crippen molar-refractivity contribution in [2.45, 2.75) is 17.9 Å². The Labute approximate surface area is 138 Å². The van der Waals surface area contributed by atoms with Crippen LogP contribution in [0.3, 0.4) is 0 Å². The van der Waals surface area contributed by atoms with Crippen LogP contribution in [-0.2, 0) is 23.0 Å². The van der Waals surface area contributed by atoms with Crippen molar-refractivity contribution in [1.29, 1.82) is 0 Å². The summed E-state index contributed by atoms with van der Waals surface area (Å²) in [4.78, 5) is 15.7. The van der Waals surface area contributed by atoms with E-state index in [2.05, 4.69) is 0 Å². The van der Waals surface area contributed by atoms with Gasteiger partial charge in [0.25, 0.3) is 5.91 Å². The van der Waals surface area contributed by atoms with Gasteiger partial charge in [0.05, 0.1) is 17.6 Å². The lowest BCUT2D eigenvalue weighted by molar-refractivity contribution is 0.0732. The topological polar surface area (TPSA) is 89.7 Å². The highest BCUT2D eigenvalue weighted by Gasteiger charge is 2.25. The predicted octanol–water partition coefficient (Wildman–Crippen LogP) is 1.60. The van der Waals surface area contributed by atoms with Gasteiger partial charge in [0, 0.05) is 18.0 Å². The van der Waals surface area contributed by atoms with E-state index in [1.54, 1.807) is 16.2 Å². The van der Waals surface area contributed by atoms with E-state index >= 15 is 0 Å². The molecule has 8 heteroatoms. The number of hydrogen-bond acceptors (Lipinski definition) is 5. The van der Waals surface area contributed by atoms with Gasteiger partial charge in [0.1, 0.15) is 5.75 Å². The van der Waals surface area contributed by atoms with Crippen LogP contribution in [0.1, 0.15) is 20.8 Å². The van der Waals surface area contributed by atoms with E-state index in [0.717, 1.165) is 12.0 Å². The molecular weight excluding hydrogens is 336 g/mol. The quantitative estimate of drug-likeness (QED) is 0.908. The lowest BCUT2D eigenvalue weighted by Crippen LogP contribution is -2.35. The Morgan fingerprint density at radius 2 is 2.13 bits per heavy atom. The Balaban J connectivity index is 1.96. The van der Waals surface area contributed by atoms with Crippen LogP contribution in [0.4, 0.5) is 0 Å². The number of fused-ring (bicyclic) bond motifs is 1. The van der Waals surface area contributed by atoms with Gasteiger partial charge in [-0.05, 0) is 41.6 Å². The molecule has 2 aromatic rings. The van der Waals surface area contributed by atoms with Crippen LogP contribution in [0, 0.1) is 0 Å². The zero-order valence-corrected chi connectivity index (χ0v) is 14.1. The van der Waals surface area contributed by atoms with Gasteiger partial charge in [-0.1, -0.05) is 0 Å². The molecule has 1 amide bonds. The van der Waals surface area contributed by atoms with Crippen LogP contribution >= 0.6 is 11.3 Å². The van der Waals surface area contributed by atoms with Crippen molar-refractivity contribution < 1.29 is 17.9 Å². The Hall–Kier alpha value is -1.90. The molecule has 0 unspecified atom stereocenters. The number of carbonyl (C=O) groups excluding carboxylic acids is 1. The monoisotopic (exact) mass is 352 g/mol. The summed E-state index contributed by atoms with van der Waals surface area (Å²) in [6.07, 6.45) is 0.802. The molecule has 1 aliphatic heterocycles. The van der Waals surface area contributed by atoms with E-state index in [0.29, 0.717) is 18.8 Å². The van der Waals surface area contributed by atoms with Gasteiger partial charge >= 0.3 is 0 Å². The highest BCUT2D eigenvalue weighted by atomic mass is 32.2. The number of rotatable bonds is 3. The molecular formula is C15H16N2O4S2. The normalized spacial score (nSPS) is 14.4. The molecule has 0 atom stereocenters. The van der Waals surface area contributed by atoms with Crippen molar-refractivity contribution in [3.05, 3.63) is 45.6 Å². The van der Waals surface area contributed by atoms with Gasteiger partial charge in [0.2, 0.25) is 10.0 Å².